The number of phenolic OH excluding ortho intramolecular Hbond substituents is 3. The van der Waals surface area contributed by atoms with E-state index in [1.807, 2.05) is 12.1 Å². The Morgan fingerprint density at radius 1 is 0.818 bits per heavy atom. The van der Waals surface area contributed by atoms with Gasteiger partial charge < -0.3 is 20.4 Å². The molecule has 0 bridgehead atoms. The van der Waals surface area contributed by atoms with Gasteiger partial charge in [-0.1, -0.05) is 19.1 Å². The molecule has 0 saturated carbocycles. The summed E-state index contributed by atoms with van der Waals surface area (Å²) in [7, 11) is 0. The van der Waals surface area contributed by atoms with Gasteiger partial charge in [0.05, 0.1) is 6.10 Å². The van der Waals surface area contributed by atoms with Gasteiger partial charge in [0.1, 0.15) is 17.2 Å². The van der Waals surface area contributed by atoms with Crippen molar-refractivity contribution in [1.82, 2.24) is 0 Å². The molecule has 2 rings (SSSR count). The van der Waals surface area contributed by atoms with Crippen LogP contribution >= 0.6 is 0 Å². The number of hydrogen-bond donors (Lipinski definition) is 4. The van der Waals surface area contributed by atoms with Gasteiger partial charge in [-0.25, -0.2) is 0 Å². The first-order valence-corrected chi connectivity index (χ1v) is 7.43. The third-order valence-electron chi connectivity index (χ3n) is 3.76. The summed E-state index contributed by atoms with van der Waals surface area (Å²) in [6.45, 7) is 2.11. The monoisotopic (exact) mass is 302 g/mol. The minimum absolute atomic E-state index is 0.0498. The van der Waals surface area contributed by atoms with Crippen LogP contribution in [0.25, 0.3) is 0 Å². The summed E-state index contributed by atoms with van der Waals surface area (Å²) in [6, 6.07) is 11.3. The zero-order valence-electron chi connectivity index (χ0n) is 12.6. The van der Waals surface area contributed by atoms with Gasteiger partial charge in [-0.05, 0) is 60.6 Å². The number of rotatable bonds is 6. The summed E-state index contributed by atoms with van der Waals surface area (Å²) < 4.78 is 0. The molecule has 0 amide bonds. The van der Waals surface area contributed by atoms with Crippen LogP contribution in [0, 0.1) is 5.92 Å². The predicted octanol–water partition coefficient (Wildman–Crippen LogP) is 3.50. The lowest BCUT2D eigenvalue weighted by molar-refractivity contribution is 0.157. The molecule has 2 aromatic carbocycles. The van der Waals surface area contributed by atoms with E-state index in [1.165, 1.54) is 18.2 Å². The fourth-order valence-electron chi connectivity index (χ4n) is 2.56. The van der Waals surface area contributed by atoms with E-state index in [0.29, 0.717) is 17.9 Å². The summed E-state index contributed by atoms with van der Waals surface area (Å²) in [5.74, 6) is 0.540. The molecular formula is C18H22O4. The normalized spacial score (nSPS) is 13.7. The van der Waals surface area contributed by atoms with Crippen molar-refractivity contribution in [2.24, 2.45) is 5.92 Å². The van der Waals surface area contributed by atoms with Crippen LogP contribution in [0.2, 0.25) is 0 Å². The summed E-state index contributed by atoms with van der Waals surface area (Å²) in [4.78, 5) is 0. The Bertz CT molecular complexity index is 587. The van der Waals surface area contributed by atoms with E-state index in [2.05, 4.69) is 6.92 Å². The smallest absolute Gasteiger partial charge is 0.119 e. The van der Waals surface area contributed by atoms with Crippen LogP contribution in [0.5, 0.6) is 17.2 Å². The maximum absolute atomic E-state index is 10.2. The number of benzene rings is 2. The highest BCUT2D eigenvalue weighted by Crippen LogP contribution is 2.28. The van der Waals surface area contributed by atoms with Crippen molar-refractivity contribution in [3.05, 3.63) is 53.6 Å². The average molecular weight is 302 g/mol. The number of phenols is 3. The van der Waals surface area contributed by atoms with Crippen molar-refractivity contribution < 1.29 is 20.4 Å². The van der Waals surface area contributed by atoms with Gasteiger partial charge in [0.25, 0.3) is 0 Å². The van der Waals surface area contributed by atoms with Gasteiger partial charge in [0.2, 0.25) is 0 Å². The highest BCUT2D eigenvalue weighted by atomic mass is 16.3. The first-order chi connectivity index (χ1) is 10.4. The molecule has 0 unspecified atom stereocenters. The predicted molar refractivity (Wildman–Crippen MR) is 84.9 cm³/mol. The summed E-state index contributed by atoms with van der Waals surface area (Å²) >= 11 is 0. The Balaban J connectivity index is 1.87. The van der Waals surface area contributed by atoms with Crippen molar-refractivity contribution in [3.63, 3.8) is 0 Å². The SMILES string of the molecule is C[C@@H](CC[C@@H](O)c1cc(O)cc(O)c1)Cc1ccc(O)cc1. The summed E-state index contributed by atoms with van der Waals surface area (Å²) in [6.07, 6.45) is 1.54. The molecule has 0 saturated heterocycles. The molecule has 118 valence electrons. The van der Waals surface area contributed by atoms with Crippen molar-refractivity contribution in [2.45, 2.75) is 32.3 Å². The first kappa shape index (κ1) is 16.2. The topological polar surface area (TPSA) is 80.9 Å². The van der Waals surface area contributed by atoms with Gasteiger partial charge in [-0.15, -0.1) is 0 Å². The maximum atomic E-state index is 10.2. The highest BCUT2D eigenvalue weighted by Gasteiger charge is 2.12. The third kappa shape index (κ3) is 4.67. The quantitative estimate of drug-likeness (QED) is 0.658. The Hall–Kier alpha value is -2.20. The lowest BCUT2D eigenvalue weighted by atomic mass is 9.93. The molecule has 2 aromatic rings. The van der Waals surface area contributed by atoms with Gasteiger partial charge >= 0.3 is 0 Å². The van der Waals surface area contributed by atoms with Gasteiger partial charge in [-0.3, -0.25) is 0 Å². The maximum Gasteiger partial charge on any atom is 0.119 e. The van der Waals surface area contributed by atoms with E-state index in [1.54, 1.807) is 12.1 Å². The van der Waals surface area contributed by atoms with E-state index in [4.69, 9.17) is 0 Å². The van der Waals surface area contributed by atoms with Crippen molar-refractivity contribution in [1.29, 1.82) is 0 Å². The fraction of sp³-hybridized carbons (Fsp3) is 0.333. The Labute approximate surface area is 130 Å². The molecule has 0 fully saturated rings. The largest absolute Gasteiger partial charge is 0.508 e. The summed E-state index contributed by atoms with van der Waals surface area (Å²) in [5, 5.41) is 38.3. The van der Waals surface area contributed by atoms with Crippen LogP contribution in [-0.2, 0) is 6.42 Å². The molecule has 0 aliphatic carbocycles. The fourth-order valence-corrected chi connectivity index (χ4v) is 2.56. The van der Waals surface area contributed by atoms with E-state index >= 15 is 0 Å². The van der Waals surface area contributed by atoms with Crippen molar-refractivity contribution >= 4 is 0 Å². The lowest BCUT2D eigenvalue weighted by Crippen LogP contribution is -2.04. The molecule has 0 aromatic heterocycles. The average Bonchev–Trinajstić information content (AvgIpc) is 2.46. The van der Waals surface area contributed by atoms with Gasteiger partial charge in [-0.2, -0.15) is 0 Å². The van der Waals surface area contributed by atoms with Gasteiger partial charge in [0, 0.05) is 6.07 Å². The van der Waals surface area contributed by atoms with E-state index < -0.39 is 6.10 Å². The molecule has 2 atom stereocenters. The highest BCUT2D eigenvalue weighted by molar-refractivity contribution is 5.37. The molecule has 22 heavy (non-hydrogen) atoms. The third-order valence-corrected chi connectivity index (χ3v) is 3.76. The molecule has 4 nitrogen and oxygen atoms in total. The van der Waals surface area contributed by atoms with Crippen LogP contribution in [0.15, 0.2) is 42.5 Å². The summed E-state index contributed by atoms with van der Waals surface area (Å²) in [5.41, 5.74) is 1.67. The van der Waals surface area contributed by atoms with Crippen LogP contribution in [-0.4, -0.2) is 20.4 Å². The van der Waals surface area contributed by atoms with Crippen LogP contribution in [0.4, 0.5) is 0 Å². The minimum Gasteiger partial charge on any atom is -0.508 e. The molecular weight excluding hydrogens is 280 g/mol. The zero-order valence-corrected chi connectivity index (χ0v) is 12.6. The molecule has 0 radical (unpaired) electrons. The minimum atomic E-state index is -0.708. The van der Waals surface area contributed by atoms with E-state index in [9.17, 15) is 20.4 Å². The number of aromatic hydroxyl groups is 3. The zero-order chi connectivity index (χ0) is 16.1. The number of aliphatic hydroxyl groups excluding tert-OH is 1. The van der Waals surface area contributed by atoms with E-state index in [-0.39, 0.29) is 17.2 Å². The second kappa shape index (κ2) is 7.18. The lowest BCUT2D eigenvalue weighted by Gasteiger charge is -2.16. The van der Waals surface area contributed by atoms with Crippen molar-refractivity contribution in [3.8, 4) is 17.2 Å². The van der Waals surface area contributed by atoms with Crippen LogP contribution in [0.1, 0.15) is 37.0 Å². The molecule has 4 N–H and O–H groups in total. The Kier molecular flexibility index (Phi) is 5.28. The van der Waals surface area contributed by atoms with Crippen LogP contribution in [0.3, 0.4) is 0 Å². The second-order valence-electron chi connectivity index (χ2n) is 5.85. The molecule has 0 heterocycles. The van der Waals surface area contributed by atoms with Crippen molar-refractivity contribution in [2.75, 3.05) is 0 Å². The molecule has 4 heteroatoms. The van der Waals surface area contributed by atoms with Crippen LogP contribution < -0.4 is 0 Å². The van der Waals surface area contributed by atoms with E-state index in [0.717, 1.165) is 18.4 Å². The number of aliphatic hydroxyl groups is 1. The second-order valence-corrected chi connectivity index (χ2v) is 5.85. The Morgan fingerprint density at radius 3 is 2.00 bits per heavy atom. The Morgan fingerprint density at radius 2 is 1.41 bits per heavy atom. The molecule has 0 aliphatic rings. The first-order valence-electron chi connectivity index (χ1n) is 7.43. The standard InChI is InChI=1S/C18H22O4/c1-12(8-13-3-5-15(19)6-4-13)2-7-18(22)14-9-16(20)11-17(21)10-14/h3-6,9-12,18-22H,2,7-8H2,1H3/t12-,18+/m0/s1. The molecule has 0 aliphatic heterocycles. The number of hydrogen-bond acceptors (Lipinski definition) is 4. The molecule has 0 spiro atoms. The van der Waals surface area contributed by atoms with Gasteiger partial charge in [0.15, 0.2) is 0 Å².